The maximum absolute atomic E-state index is 4.47. The summed E-state index contributed by atoms with van der Waals surface area (Å²) >= 11 is 0. The number of nitrogens with zero attached hydrogens (tertiary/aromatic N) is 2. The van der Waals surface area contributed by atoms with Gasteiger partial charge in [-0.15, -0.1) is 0 Å². The van der Waals surface area contributed by atoms with Crippen molar-refractivity contribution in [1.29, 1.82) is 0 Å². The fourth-order valence-corrected chi connectivity index (χ4v) is 3.42. The highest BCUT2D eigenvalue weighted by atomic mass is 15.3. The highest BCUT2D eigenvalue weighted by Crippen LogP contribution is 2.42. The highest BCUT2D eigenvalue weighted by molar-refractivity contribution is 5.52. The lowest BCUT2D eigenvalue weighted by atomic mass is 9.90. The number of rotatable bonds is 3. The van der Waals surface area contributed by atoms with E-state index in [0.717, 1.165) is 24.7 Å². The van der Waals surface area contributed by atoms with E-state index in [9.17, 15) is 0 Å². The molecule has 0 spiro atoms. The Kier molecular flexibility index (Phi) is 3.25. The molecule has 0 bridgehead atoms. The normalized spacial score (nSPS) is 31.5. The average molecular weight is 259 g/mol. The number of pyridine rings is 1. The second-order valence-corrected chi connectivity index (χ2v) is 6.37. The first kappa shape index (κ1) is 12.9. The Morgan fingerprint density at radius 2 is 2.26 bits per heavy atom. The second kappa shape index (κ2) is 4.78. The van der Waals surface area contributed by atoms with E-state index >= 15 is 0 Å². The van der Waals surface area contributed by atoms with Crippen LogP contribution >= 0.6 is 0 Å². The van der Waals surface area contributed by atoms with E-state index in [2.05, 4.69) is 48.1 Å². The lowest BCUT2D eigenvalue weighted by molar-refractivity contribution is 0.252. The predicted molar refractivity (Wildman–Crippen MR) is 79.5 cm³/mol. The van der Waals surface area contributed by atoms with Gasteiger partial charge in [-0.3, -0.25) is 4.98 Å². The monoisotopic (exact) mass is 259 g/mol. The molecule has 1 N–H and O–H groups in total. The van der Waals surface area contributed by atoms with Crippen molar-refractivity contribution in [2.45, 2.75) is 51.6 Å². The zero-order valence-electron chi connectivity index (χ0n) is 12.3. The third-order valence-electron chi connectivity index (χ3n) is 4.92. The van der Waals surface area contributed by atoms with Gasteiger partial charge in [-0.2, -0.15) is 0 Å². The lowest BCUT2D eigenvalue weighted by Crippen LogP contribution is -2.64. The van der Waals surface area contributed by atoms with Gasteiger partial charge in [0.05, 0.1) is 11.4 Å². The van der Waals surface area contributed by atoms with Crippen molar-refractivity contribution in [1.82, 2.24) is 10.3 Å². The topological polar surface area (TPSA) is 28.2 Å². The molecule has 2 aliphatic rings. The fraction of sp³-hybridized carbons (Fsp3) is 0.688. The maximum Gasteiger partial charge on any atom is 0.0605 e. The number of nitrogens with one attached hydrogen (secondary N) is 1. The van der Waals surface area contributed by atoms with Crippen LogP contribution in [0.4, 0.5) is 5.69 Å². The summed E-state index contributed by atoms with van der Waals surface area (Å²) in [6.45, 7) is 9.01. The van der Waals surface area contributed by atoms with Crippen LogP contribution in [-0.2, 0) is 0 Å². The smallest absolute Gasteiger partial charge is 0.0605 e. The minimum absolute atomic E-state index is 0.286. The zero-order valence-corrected chi connectivity index (χ0v) is 12.3. The quantitative estimate of drug-likeness (QED) is 0.904. The average Bonchev–Trinajstić information content (AvgIpc) is 3.24. The molecule has 0 radical (unpaired) electrons. The van der Waals surface area contributed by atoms with E-state index in [0.29, 0.717) is 6.04 Å². The third kappa shape index (κ3) is 2.36. The van der Waals surface area contributed by atoms with Gasteiger partial charge in [-0.05, 0) is 51.2 Å². The summed E-state index contributed by atoms with van der Waals surface area (Å²) in [5.41, 5.74) is 2.76. The van der Waals surface area contributed by atoms with Crippen LogP contribution in [0.2, 0.25) is 0 Å². The first-order valence-corrected chi connectivity index (χ1v) is 7.57. The van der Waals surface area contributed by atoms with E-state index in [-0.39, 0.29) is 5.54 Å². The molecule has 1 saturated carbocycles. The summed E-state index contributed by atoms with van der Waals surface area (Å²) in [5.74, 6) is 0.866. The number of piperazine rings is 1. The van der Waals surface area contributed by atoms with E-state index in [1.807, 2.05) is 6.20 Å². The number of hydrogen-bond acceptors (Lipinski definition) is 3. The fourth-order valence-electron chi connectivity index (χ4n) is 3.42. The Bertz CT molecular complexity index is 455. The molecule has 3 rings (SSSR count). The number of anilines is 1. The zero-order chi connectivity index (χ0) is 13.5. The third-order valence-corrected chi connectivity index (χ3v) is 4.92. The summed E-state index contributed by atoms with van der Waals surface area (Å²) in [6.07, 6.45) is 5.85. The molecule has 2 unspecified atom stereocenters. The minimum Gasteiger partial charge on any atom is -0.364 e. The molecule has 1 saturated heterocycles. The first-order valence-electron chi connectivity index (χ1n) is 7.57. The van der Waals surface area contributed by atoms with Gasteiger partial charge in [0, 0.05) is 30.9 Å². The van der Waals surface area contributed by atoms with Crippen molar-refractivity contribution in [2.75, 3.05) is 18.0 Å². The molecule has 1 aromatic heterocycles. The Hall–Kier alpha value is -1.09. The molecule has 0 aromatic carbocycles. The minimum atomic E-state index is 0.286. The van der Waals surface area contributed by atoms with Crippen LogP contribution in [0.15, 0.2) is 18.3 Å². The first-order chi connectivity index (χ1) is 9.14. The van der Waals surface area contributed by atoms with Crippen molar-refractivity contribution >= 4 is 5.69 Å². The summed E-state index contributed by atoms with van der Waals surface area (Å²) in [5, 5.41) is 3.82. The van der Waals surface area contributed by atoms with Gasteiger partial charge in [-0.25, -0.2) is 0 Å². The van der Waals surface area contributed by atoms with Crippen LogP contribution in [0, 0.1) is 12.8 Å². The van der Waals surface area contributed by atoms with E-state index in [1.54, 1.807) is 0 Å². The summed E-state index contributed by atoms with van der Waals surface area (Å²) in [4.78, 5) is 7.06. The number of aryl methyl sites for hydroxylation is 1. The van der Waals surface area contributed by atoms with Gasteiger partial charge >= 0.3 is 0 Å². The molecule has 1 aliphatic carbocycles. The lowest BCUT2D eigenvalue weighted by Gasteiger charge is -2.48. The van der Waals surface area contributed by atoms with E-state index in [4.69, 9.17) is 0 Å². The Morgan fingerprint density at radius 3 is 2.89 bits per heavy atom. The summed E-state index contributed by atoms with van der Waals surface area (Å²) in [6, 6.07) is 4.88. The van der Waals surface area contributed by atoms with Crippen molar-refractivity contribution in [3.05, 3.63) is 24.0 Å². The van der Waals surface area contributed by atoms with Gasteiger partial charge in [0.25, 0.3) is 0 Å². The van der Waals surface area contributed by atoms with Gasteiger partial charge in [0.1, 0.15) is 0 Å². The second-order valence-electron chi connectivity index (χ2n) is 6.37. The predicted octanol–water partition coefficient (Wildman–Crippen LogP) is 2.75. The van der Waals surface area contributed by atoms with Crippen LogP contribution in [0.5, 0.6) is 0 Å². The standard InChI is InChI=1S/C16H25N3/c1-4-14-10-18-16(3,13-7-8-13)11-19(14)15-6-5-9-17-12(15)2/h5-6,9,13-14,18H,4,7-8,10-11H2,1-3H3. The van der Waals surface area contributed by atoms with Crippen LogP contribution in [-0.4, -0.2) is 29.7 Å². The van der Waals surface area contributed by atoms with Crippen LogP contribution in [0.1, 0.15) is 38.8 Å². The molecule has 1 aromatic rings. The van der Waals surface area contributed by atoms with Gasteiger partial charge in [0.15, 0.2) is 0 Å². The number of aromatic nitrogens is 1. The molecule has 3 nitrogen and oxygen atoms in total. The SMILES string of the molecule is CCC1CNC(C)(C2CC2)CN1c1cccnc1C. The van der Waals surface area contributed by atoms with Crippen molar-refractivity contribution < 1.29 is 0 Å². The Balaban J connectivity index is 1.89. The van der Waals surface area contributed by atoms with Crippen molar-refractivity contribution in [2.24, 2.45) is 5.92 Å². The molecule has 3 heteroatoms. The molecule has 1 aliphatic heterocycles. The van der Waals surface area contributed by atoms with Crippen LogP contribution in [0.3, 0.4) is 0 Å². The van der Waals surface area contributed by atoms with Gasteiger partial charge in [-0.1, -0.05) is 6.92 Å². The van der Waals surface area contributed by atoms with E-state index in [1.165, 1.54) is 24.9 Å². The molecular weight excluding hydrogens is 234 g/mol. The molecule has 0 amide bonds. The maximum atomic E-state index is 4.47. The van der Waals surface area contributed by atoms with Crippen molar-refractivity contribution in [3.8, 4) is 0 Å². The Labute approximate surface area is 116 Å². The van der Waals surface area contributed by atoms with Gasteiger partial charge in [0.2, 0.25) is 0 Å². The molecular formula is C16H25N3. The summed E-state index contributed by atoms with van der Waals surface area (Å²) < 4.78 is 0. The largest absolute Gasteiger partial charge is 0.364 e. The van der Waals surface area contributed by atoms with Crippen LogP contribution < -0.4 is 10.2 Å². The van der Waals surface area contributed by atoms with Gasteiger partial charge < -0.3 is 10.2 Å². The summed E-state index contributed by atoms with van der Waals surface area (Å²) in [7, 11) is 0. The highest BCUT2D eigenvalue weighted by Gasteiger charge is 2.45. The van der Waals surface area contributed by atoms with E-state index < -0.39 is 0 Å². The molecule has 2 fully saturated rings. The Morgan fingerprint density at radius 1 is 1.47 bits per heavy atom. The molecule has 2 heterocycles. The molecule has 2 atom stereocenters. The van der Waals surface area contributed by atoms with Crippen molar-refractivity contribution in [3.63, 3.8) is 0 Å². The molecule has 104 valence electrons. The number of hydrogen-bond donors (Lipinski definition) is 1. The van der Waals surface area contributed by atoms with Crippen LogP contribution in [0.25, 0.3) is 0 Å². The molecule has 19 heavy (non-hydrogen) atoms.